The van der Waals surface area contributed by atoms with Gasteiger partial charge in [-0.1, -0.05) is 37.3 Å². The molecule has 2 aromatic carbocycles. The SMILES string of the molecule is CC(CCc1cccc(F)c1)SC1=C(OC(=O)O)C=CCN1Cc1ccc(F)cc1. The van der Waals surface area contributed by atoms with Crippen molar-refractivity contribution in [3.05, 3.63) is 94.2 Å². The van der Waals surface area contributed by atoms with Crippen molar-refractivity contribution in [2.75, 3.05) is 6.54 Å². The van der Waals surface area contributed by atoms with E-state index in [4.69, 9.17) is 9.84 Å². The molecule has 1 aliphatic rings. The summed E-state index contributed by atoms with van der Waals surface area (Å²) in [5.74, 6) is -0.280. The van der Waals surface area contributed by atoms with Crippen LogP contribution >= 0.6 is 11.8 Å². The van der Waals surface area contributed by atoms with E-state index in [0.29, 0.717) is 19.5 Å². The molecule has 7 heteroatoms. The molecular formula is C23H23F2NO3S. The summed E-state index contributed by atoms with van der Waals surface area (Å²) < 4.78 is 31.6. The number of halogens is 2. The normalized spacial score (nSPS) is 14.7. The average Bonchev–Trinajstić information content (AvgIpc) is 2.70. The predicted octanol–water partition coefficient (Wildman–Crippen LogP) is 5.95. The number of allylic oxidation sites excluding steroid dienone is 1. The smallest absolute Gasteiger partial charge is 0.449 e. The number of benzene rings is 2. The minimum absolute atomic E-state index is 0.137. The molecule has 1 unspecified atom stereocenters. The predicted molar refractivity (Wildman–Crippen MR) is 114 cm³/mol. The molecule has 3 rings (SSSR count). The molecule has 0 saturated carbocycles. The van der Waals surface area contributed by atoms with E-state index in [0.717, 1.165) is 22.6 Å². The molecule has 0 radical (unpaired) electrons. The number of carbonyl (C=O) groups is 1. The second-order valence-electron chi connectivity index (χ2n) is 7.04. The zero-order valence-corrected chi connectivity index (χ0v) is 17.4. The first-order valence-corrected chi connectivity index (χ1v) is 10.5. The lowest BCUT2D eigenvalue weighted by Gasteiger charge is -2.31. The van der Waals surface area contributed by atoms with Gasteiger partial charge < -0.3 is 14.7 Å². The summed E-state index contributed by atoms with van der Waals surface area (Å²) in [4.78, 5) is 13.2. The maximum absolute atomic E-state index is 13.4. The number of thioether (sulfide) groups is 1. The van der Waals surface area contributed by atoms with Gasteiger partial charge in [-0.15, -0.1) is 11.8 Å². The Bertz CT molecular complexity index is 944. The number of nitrogens with zero attached hydrogens (tertiary/aromatic N) is 1. The minimum atomic E-state index is -1.37. The van der Waals surface area contributed by atoms with Gasteiger partial charge in [0.25, 0.3) is 0 Å². The van der Waals surface area contributed by atoms with E-state index in [1.54, 1.807) is 24.3 Å². The monoisotopic (exact) mass is 431 g/mol. The Labute approximate surface area is 178 Å². The van der Waals surface area contributed by atoms with Crippen molar-refractivity contribution in [1.29, 1.82) is 0 Å². The van der Waals surface area contributed by atoms with Crippen molar-refractivity contribution in [3.63, 3.8) is 0 Å². The summed E-state index contributed by atoms with van der Waals surface area (Å²) in [6.07, 6.45) is 3.62. The van der Waals surface area contributed by atoms with Crippen LogP contribution in [0.5, 0.6) is 0 Å². The van der Waals surface area contributed by atoms with Crippen molar-refractivity contribution < 1.29 is 23.4 Å². The molecule has 1 N–H and O–H groups in total. The topological polar surface area (TPSA) is 49.8 Å². The van der Waals surface area contributed by atoms with E-state index in [-0.39, 0.29) is 22.6 Å². The van der Waals surface area contributed by atoms with Crippen LogP contribution in [0.15, 0.2) is 71.5 Å². The van der Waals surface area contributed by atoms with Gasteiger partial charge in [0, 0.05) is 18.3 Å². The van der Waals surface area contributed by atoms with Crippen molar-refractivity contribution in [3.8, 4) is 0 Å². The highest BCUT2D eigenvalue weighted by molar-refractivity contribution is 8.03. The van der Waals surface area contributed by atoms with Gasteiger partial charge >= 0.3 is 6.16 Å². The van der Waals surface area contributed by atoms with Crippen LogP contribution in [-0.2, 0) is 17.7 Å². The van der Waals surface area contributed by atoms with E-state index in [1.807, 2.05) is 24.0 Å². The van der Waals surface area contributed by atoms with Gasteiger partial charge in [-0.25, -0.2) is 13.6 Å². The molecule has 0 aliphatic carbocycles. The van der Waals surface area contributed by atoms with Crippen molar-refractivity contribution >= 4 is 17.9 Å². The third-order valence-corrected chi connectivity index (χ3v) is 5.94. The number of hydrogen-bond donors (Lipinski definition) is 1. The maximum atomic E-state index is 13.4. The second kappa shape index (κ2) is 10.3. The molecule has 2 aromatic rings. The first kappa shape index (κ1) is 21.9. The van der Waals surface area contributed by atoms with Gasteiger partial charge in [0.15, 0.2) is 5.76 Å². The Balaban J connectivity index is 1.73. The minimum Gasteiger partial charge on any atom is -0.449 e. The van der Waals surface area contributed by atoms with Crippen molar-refractivity contribution in [2.45, 2.75) is 31.6 Å². The highest BCUT2D eigenvalue weighted by atomic mass is 32.2. The lowest BCUT2D eigenvalue weighted by molar-refractivity contribution is 0.119. The molecule has 0 spiro atoms. The van der Waals surface area contributed by atoms with E-state index < -0.39 is 6.16 Å². The maximum Gasteiger partial charge on any atom is 0.511 e. The molecule has 4 nitrogen and oxygen atoms in total. The Morgan fingerprint density at radius 3 is 2.63 bits per heavy atom. The van der Waals surface area contributed by atoms with E-state index in [2.05, 4.69) is 0 Å². The summed E-state index contributed by atoms with van der Waals surface area (Å²) >= 11 is 1.52. The van der Waals surface area contributed by atoms with Gasteiger partial charge in [-0.05, 0) is 54.3 Å². The first-order valence-electron chi connectivity index (χ1n) is 9.63. The molecule has 0 amide bonds. The van der Waals surface area contributed by atoms with E-state index in [1.165, 1.54) is 36.0 Å². The van der Waals surface area contributed by atoms with Gasteiger partial charge in [0.1, 0.15) is 16.7 Å². The van der Waals surface area contributed by atoms with E-state index >= 15 is 0 Å². The molecule has 0 bridgehead atoms. The Morgan fingerprint density at radius 2 is 1.93 bits per heavy atom. The zero-order chi connectivity index (χ0) is 21.5. The summed E-state index contributed by atoms with van der Waals surface area (Å²) in [7, 11) is 0. The lowest BCUT2D eigenvalue weighted by Crippen LogP contribution is -2.27. The summed E-state index contributed by atoms with van der Waals surface area (Å²) in [6, 6.07) is 12.8. The van der Waals surface area contributed by atoms with Crippen LogP contribution in [0.2, 0.25) is 0 Å². The highest BCUT2D eigenvalue weighted by Gasteiger charge is 2.23. The largest absolute Gasteiger partial charge is 0.511 e. The van der Waals surface area contributed by atoms with Crippen LogP contribution in [0.25, 0.3) is 0 Å². The fraction of sp³-hybridized carbons (Fsp3) is 0.261. The molecule has 1 atom stereocenters. The average molecular weight is 432 g/mol. The fourth-order valence-corrected chi connectivity index (χ4v) is 4.29. The number of ether oxygens (including phenoxy) is 1. The van der Waals surface area contributed by atoms with Crippen LogP contribution in [0.3, 0.4) is 0 Å². The molecular weight excluding hydrogens is 408 g/mol. The molecule has 1 aliphatic heterocycles. The third kappa shape index (κ3) is 6.35. The van der Waals surface area contributed by atoms with Gasteiger partial charge in [-0.3, -0.25) is 0 Å². The van der Waals surface area contributed by atoms with Crippen LogP contribution in [0.1, 0.15) is 24.5 Å². The standard InChI is InChI=1S/C23H23F2NO3S/c1-16(7-8-17-4-2-5-20(25)14-17)30-22-21(29-23(27)28)6-3-13-26(22)15-18-9-11-19(24)12-10-18/h2-6,9-12,14,16H,7-8,13,15H2,1H3,(H,27,28). The summed E-state index contributed by atoms with van der Waals surface area (Å²) in [5, 5.41) is 9.96. The van der Waals surface area contributed by atoms with Gasteiger partial charge in [0.2, 0.25) is 0 Å². The van der Waals surface area contributed by atoms with Crippen LogP contribution in [-0.4, -0.2) is 28.0 Å². The quantitative estimate of drug-likeness (QED) is 0.523. The van der Waals surface area contributed by atoms with Crippen LogP contribution < -0.4 is 0 Å². The first-order chi connectivity index (χ1) is 14.4. The number of carboxylic acid groups (broad SMARTS) is 1. The number of hydrogen-bond acceptors (Lipinski definition) is 4. The molecule has 30 heavy (non-hydrogen) atoms. The molecule has 0 fully saturated rings. The highest BCUT2D eigenvalue weighted by Crippen LogP contribution is 2.34. The summed E-state index contributed by atoms with van der Waals surface area (Å²) in [5.41, 5.74) is 1.83. The van der Waals surface area contributed by atoms with Crippen molar-refractivity contribution in [2.24, 2.45) is 0 Å². The second-order valence-corrected chi connectivity index (χ2v) is 8.47. The fourth-order valence-electron chi connectivity index (χ4n) is 3.16. The van der Waals surface area contributed by atoms with Crippen LogP contribution in [0.4, 0.5) is 13.6 Å². The van der Waals surface area contributed by atoms with E-state index in [9.17, 15) is 13.6 Å². The Morgan fingerprint density at radius 1 is 1.17 bits per heavy atom. The number of aryl methyl sites for hydroxylation is 1. The van der Waals surface area contributed by atoms with Crippen molar-refractivity contribution in [1.82, 2.24) is 4.90 Å². The Kier molecular flexibility index (Phi) is 7.52. The zero-order valence-electron chi connectivity index (χ0n) is 16.6. The van der Waals surface area contributed by atoms with Gasteiger partial charge in [0.05, 0.1) is 0 Å². The molecule has 0 saturated heterocycles. The van der Waals surface area contributed by atoms with Crippen LogP contribution in [0, 0.1) is 11.6 Å². The third-order valence-electron chi connectivity index (χ3n) is 4.62. The lowest BCUT2D eigenvalue weighted by atomic mass is 10.1. The van der Waals surface area contributed by atoms with Gasteiger partial charge in [-0.2, -0.15) is 0 Å². The summed E-state index contributed by atoms with van der Waals surface area (Å²) in [6.45, 7) is 3.13. The number of rotatable bonds is 8. The molecule has 0 aromatic heterocycles. The molecule has 1 heterocycles. The Hall–Kier alpha value is -2.80. The molecule has 158 valence electrons.